The third-order valence-electron chi connectivity index (χ3n) is 7.14. The molecule has 33 heavy (non-hydrogen) atoms. The average Bonchev–Trinajstić information content (AvgIpc) is 3.41. The van der Waals surface area contributed by atoms with E-state index in [4.69, 9.17) is 9.97 Å². The maximum absolute atomic E-state index is 5.02. The molecule has 4 heterocycles. The first-order valence-electron chi connectivity index (χ1n) is 11.9. The fourth-order valence-corrected chi connectivity index (χ4v) is 5.54. The van der Waals surface area contributed by atoms with Crippen molar-refractivity contribution >= 4 is 46.1 Å². The van der Waals surface area contributed by atoms with Crippen LogP contribution in [0.5, 0.6) is 0 Å². The number of para-hydroxylation sites is 1. The summed E-state index contributed by atoms with van der Waals surface area (Å²) >= 11 is 1.72. The van der Waals surface area contributed by atoms with Gasteiger partial charge >= 0.3 is 0 Å². The molecule has 1 spiro atoms. The third kappa shape index (κ3) is 4.19. The van der Waals surface area contributed by atoms with Gasteiger partial charge in [0, 0.05) is 36.5 Å². The van der Waals surface area contributed by atoms with Crippen LogP contribution < -0.4 is 20.9 Å². The number of aromatic nitrogens is 4. The van der Waals surface area contributed by atoms with E-state index in [1.54, 1.807) is 18.1 Å². The van der Waals surface area contributed by atoms with Gasteiger partial charge in [0.15, 0.2) is 11.6 Å². The zero-order valence-electron chi connectivity index (χ0n) is 19.0. The highest BCUT2D eigenvalue weighted by Gasteiger charge is 2.41. The molecule has 1 atom stereocenters. The fraction of sp³-hybridized carbons (Fsp3) is 0.500. The van der Waals surface area contributed by atoms with E-state index in [-0.39, 0.29) is 0 Å². The second-order valence-electron chi connectivity index (χ2n) is 9.54. The van der Waals surface area contributed by atoms with Crippen LogP contribution in [-0.4, -0.2) is 58.9 Å². The highest BCUT2D eigenvalue weighted by Crippen LogP contribution is 2.39. The first kappa shape index (κ1) is 20.9. The predicted molar refractivity (Wildman–Crippen MR) is 135 cm³/mol. The summed E-state index contributed by atoms with van der Waals surface area (Å²) in [4.78, 5) is 22.7. The number of rotatable bonds is 7. The van der Waals surface area contributed by atoms with E-state index in [9.17, 15) is 0 Å². The summed E-state index contributed by atoms with van der Waals surface area (Å²) in [7, 11) is 0. The van der Waals surface area contributed by atoms with Crippen LogP contribution in [0.15, 0.2) is 35.5 Å². The van der Waals surface area contributed by atoms with E-state index in [1.165, 1.54) is 30.6 Å². The molecule has 1 saturated carbocycles. The highest BCUT2D eigenvalue weighted by molar-refractivity contribution is 7.98. The van der Waals surface area contributed by atoms with Gasteiger partial charge in [-0.1, -0.05) is 12.1 Å². The number of hydrogen-bond donors (Lipinski definition) is 3. The van der Waals surface area contributed by atoms with Crippen LogP contribution in [0, 0.1) is 11.3 Å². The molecule has 3 fully saturated rings. The number of fused-ring (bicyclic) bond motifs is 1. The van der Waals surface area contributed by atoms with E-state index < -0.39 is 0 Å². The maximum atomic E-state index is 5.02. The molecule has 3 N–H and O–H groups in total. The van der Waals surface area contributed by atoms with E-state index in [1.807, 2.05) is 6.07 Å². The number of thioether (sulfide) groups is 1. The van der Waals surface area contributed by atoms with Gasteiger partial charge in [-0.15, -0.1) is 11.8 Å². The molecule has 1 unspecified atom stereocenters. The Kier molecular flexibility index (Phi) is 5.46. The van der Waals surface area contributed by atoms with Crippen molar-refractivity contribution in [2.75, 3.05) is 54.5 Å². The predicted octanol–water partition coefficient (Wildman–Crippen LogP) is 3.90. The van der Waals surface area contributed by atoms with Crippen molar-refractivity contribution in [3.8, 4) is 0 Å². The minimum Gasteiger partial charge on any atom is -0.368 e. The van der Waals surface area contributed by atoms with Gasteiger partial charge in [0.2, 0.25) is 5.95 Å². The third-order valence-corrected chi connectivity index (χ3v) is 7.93. The van der Waals surface area contributed by atoms with Gasteiger partial charge in [-0.3, -0.25) is 0 Å². The van der Waals surface area contributed by atoms with E-state index >= 15 is 0 Å². The van der Waals surface area contributed by atoms with Crippen LogP contribution in [0.25, 0.3) is 11.0 Å². The quantitative estimate of drug-likeness (QED) is 0.452. The number of nitrogens with one attached hydrogen (secondary N) is 3. The van der Waals surface area contributed by atoms with Crippen molar-refractivity contribution in [3.63, 3.8) is 0 Å². The van der Waals surface area contributed by atoms with Crippen molar-refractivity contribution < 1.29 is 0 Å². The van der Waals surface area contributed by atoms with Crippen molar-refractivity contribution in [1.82, 2.24) is 25.3 Å². The Morgan fingerprint density at radius 1 is 1.12 bits per heavy atom. The molecule has 2 aliphatic heterocycles. The molecule has 9 heteroatoms. The Labute approximate surface area is 198 Å². The van der Waals surface area contributed by atoms with Gasteiger partial charge in [0.25, 0.3) is 0 Å². The standard InChI is InChI=1S/C24H30N8S/c1-33-18-5-3-2-4-17(18)29-22-19-20(21(28-15-27-19)26-12-16-6-7-16)30-23(31-22)32-11-9-24(14-32)8-10-25-13-24/h2-5,15-16,25H,6-14H2,1H3,(H,26,27,28)(H,29,30,31). The first-order chi connectivity index (χ1) is 16.2. The summed E-state index contributed by atoms with van der Waals surface area (Å²) < 4.78 is 0. The molecule has 0 bridgehead atoms. The van der Waals surface area contributed by atoms with E-state index in [0.717, 1.165) is 72.9 Å². The number of nitrogens with zero attached hydrogens (tertiary/aromatic N) is 5. The van der Waals surface area contributed by atoms with Crippen molar-refractivity contribution in [2.45, 2.75) is 30.6 Å². The van der Waals surface area contributed by atoms with Crippen LogP contribution >= 0.6 is 11.8 Å². The van der Waals surface area contributed by atoms with Crippen molar-refractivity contribution in [1.29, 1.82) is 0 Å². The maximum Gasteiger partial charge on any atom is 0.228 e. The fourth-order valence-electron chi connectivity index (χ4n) is 4.98. The molecule has 1 aromatic carbocycles. The summed E-state index contributed by atoms with van der Waals surface area (Å²) in [5.41, 5.74) is 2.91. The normalized spacial score (nSPS) is 22.4. The van der Waals surface area contributed by atoms with Gasteiger partial charge in [-0.05, 0) is 56.5 Å². The Morgan fingerprint density at radius 2 is 2.03 bits per heavy atom. The van der Waals surface area contributed by atoms with Crippen LogP contribution in [0.1, 0.15) is 25.7 Å². The minimum absolute atomic E-state index is 0.345. The van der Waals surface area contributed by atoms with Gasteiger partial charge in [-0.25, -0.2) is 15.0 Å². The average molecular weight is 463 g/mol. The topological polar surface area (TPSA) is 90.9 Å². The highest BCUT2D eigenvalue weighted by atomic mass is 32.2. The summed E-state index contributed by atoms with van der Waals surface area (Å²) in [5.74, 6) is 3.04. The zero-order chi connectivity index (χ0) is 22.3. The van der Waals surface area contributed by atoms with Crippen LogP contribution in [0.2, 0.25) is 0 Å². The minimum atomic E-state index is 0.345. The van der Waals surface area contributed by atoms with Gasteiger partial charge < -0.3 is 20.9 Å². The second kappa shape index (κ2) is 8.61. The molecule has 0 radical (unpaired) electrons. The lowest BCUT2D eigenvalue weighted by atomic mass is 9.87. The van der Waals surface area contributed by atoms with E-state index in [0.29, 0.717) is 5.41 Å². The van der Waals surface area contributed by atoms with Gasteiger partial charge in [-0.2, -0.15) is 4.98 Å². The van der Waals surface area contributed by atoms with Crippen molar-refractivity contribution in [3.05, 3.63) is 30.6 Å². The Hall–Kier alpha value is -2.65. The Morgan fingerprint density at radius 3 is 2.85 bits per heavy atom. The zero-order valence-corrected chi connectivity index (χ0v) is 19.8. The molecule has 6 rings (SSSR count). The van der Waals surface area contributed by atoms with Crippen molar-refractivity contribution in [2.24, 2.45) is 11.3 Å². The summed E-state index contributed by atoms with van der Waals surface area (Å²) in [5, 5.41) is 10.6. The van der Waals surface area contributed by atoms with Crippen LogP contribution in [-0.2, 0) is 0 Å². The Bertz CT molecular complexity index is 1160. The lowest BCUT2D eigenvalue weighted by molar-refractivity contribution is 0.369. The summed E-state index contributed by atoms with van der Waals surface area (Å²) in [6, 6.07) is 8.30. The van der Waals surface area contributed by atoms with Gasteiger partial charge in [0.1, 0.15) is 17.4 Å². The van der Waals surface area contributed by atoms with Crippen LogP contribution in [0.3, 0.4) is 0 Å². The SMILES string of the molecule is CSc1ccccc1Nc1nc(N2CCC3(CCNC3)C2)nc2c(NCC3CC3)ncnc12. The molecule has 0 amide bonds. The number of anilines is 4. The molecule has 172 valence electrons. The molecule has 2 saturated heterocycles. The van der Waals surface area contributed by atoms with E-state index in [2.05, 4.69) is 55.3 Å². The second-order valence-corrected chi connectivity index (χ2v) is 10.4. The number of hydrogen-bond acceptors (Lipinski definition) is 9. The van der Waals surface area contributed by atoms with Gasteiger partial charge in [0.05, 0.1) is 5.69 Å². The Balaban J connectivity index is 1.41. The molecule has 1 aliphatic carbocycles. The smallest absolute Gasteiger partial charge is 0.228 e. The summed E-state index contributed by atoms with van der Waals surface area (Å²) in [6.45, 7) is 5.09. The monoisotopic (exact) mass is 462 g/mol. The lowest BCUT2D eigenvalue weighted by Gasteiger charge is -2.23. The molecule has 3 aliphatic rings. The molecular weight excluding hydrogens is 432 g/mol. The summed E-state index contributed by atoms with van der Waals surface area (Å²) in [6.07, 6.45) is 8.68. The van der Waals surface area contributed by atoms with Crippen LogP contribution in [0.4, 0.5) is 23.3 Å². The largest absolute Gasteiger partial charge is 0.368 e. The number of benzene rings is 1. The first-order valence-corrected chi connectivity index (χ1v) is 13.1. The molecule has 8 nitrogen and oxygen atoms in total. The molecule has 3 aromatic rings. The molecular formula is C24H30N8S. The molecule has 2 aromatic heterocycles. The lowest BCUT2D eigenvalue weighted by Crippen LogP contribution is -2.30.